The number of carbonyl (C=O) groups excluding carboxylic acids is 1. The first-order valence-electron chi connectivity index (χ1n) is 9.98. The third-order valence-electron chi connectivity index (χ3n) is 5.02. The summed E-state index contributed by atoms with van der Waals surface area (Å²) in [5.74, 6) is -1.25. The van der Waals surface area contributed by atoms with Gasteiger partial charge < -0.3 is 19.6 Å². The monoisotopic (exact) mass is 403 g/mol. The van der Waals surface area contributed by atoms with Crippen molar-refractivity contribution in [1.29, 1.82) is 0 Å². The van der Waals surface area contributed by atoms with E-state index in [4.69, 9.17) is 14.3 Å². The summed E-state index contributed by atoms with van der Waals surface area (Å²) in [6.45, 7) is 6.90. The largest absolute Gasteiger partial charge is 0.480 e. The van der Waals surface area contributed by atoms with E-state index in [0.717, 1.165) is 36.6 Å². The molecule has 2 aromatic rings. The standard InChI is InChI=1S/C22H29NO6/c1-5-6-7-8-9-17-13(2)16-10-11-18(14(3)20(16)29-22(17)27)28-15(4)21(26)23-12-19(24)25/h10-11,15H,5-9,12H2,1-4H3,(H,23,26)(H,24,25)/t15-/m0/s1. The molecular weight excluding hydrogens is 374 g/mol. The number of aryl methyl sites for hydroxylation is 2. The average Bonchev–Trinajstić information content (AvgIpc) is 2.67. The van der Waals surface area contributed by atoms with Crippen molar-refractivity contribution >= 4 is 22.8 Å². The fraction of sp³-hybridized carbons (Fsp3) is 0.500. The van der Waals surface area contributed by atoms with Gasteiger partial charge in [-0.05, 0) is 51.3 Å². The fourth-order valence-corrected chi connectivity index (χ4v) is 3.27. The number of amides is 1. The smallest absolute Gasteiger partial charge is 0.339 e. The lowest BCUT2D eigenvalue weighted by Crippen LogP contribution is -2.39. The number of aliphatic carboxylic acids is 1. The summed E-state index contributed by atoms with van der Waals surface area (Å²) in [5.41, 5.74) is 2.36. The number of hydrogen-bond donors (Lipinski definition) is 2. The van der Waals surface area contributed by atoms with Crippen LogP contribution in [0.2, 0.25) is 0 Å². The Labute approximate surface area is 170 Å². The van der Waals surface area contributed by atoms with Gasteiger partial charge in [-0.25, -0.2) is 4.79 Å². The van der Waals surface area contributed by atoms with Gasteiger partial charge in [-0.15, -0.1) is 0 Å². The molecule has 0 unspecified atom stereocenters. The van der Waals surface area contributed by atoms with Crippen LogP contribution < -0.4 is 15.7 Å². The normalized spacial score (nSPS) is 12.0. The summed E-state index contributed by atoms with van der Waals surface area (Å²) < 4.78 is 11.3. The first-order chi connectivity index (χ1) is 13.8. The van der Waals surface area contributed by atoms with Crippen molar-refractivity contribution in [3.63, 3.8) is 0 Å². The zero-order chi connectivity index (χ0) is 21.6. The Morgan fingerprint density at radius 3 is 2.55 bits per heavy atom. The SMILES string of the molecule is CCCCCCc1c(C)c2ccc(O[C@@H](C)C(=O)NCC(=O)O)c(C)c2oc1=O. The molecule has 0 aliphatic carbocycles. The van der Waals surface area contributed by atoms with Crippen molar-refractivity contribution in [2.45, 2.75) is 65.9 Å². The molecule has 2 N–H and O–H groups in total. The van der Waals surface area contributed by atoms with E-state index in [9.17, 15) is 14.4 Å². The summed E-state index contributed by atoms with van der Waals surface area (Å²) in [6, 6.07) is 3.57. The minimum atomic E-state index is -1.13. The van der Waals surface area contributed by atoms with E-state index in [2.05, 4.69) is 12.2 Å². The van der Waals surface area contributed by atoms with Crippen LogP contribution in [0.5, 0.6) is 5.75 Å². The Bertz CT molecular complexity index is 946. The van der Waals surface area contributed by atoms with Crippen LogP contribution in [0.25, 0.3) is 11.0 Å². The molecule has 1 aromatic heterocycles. The van der Waals surface area contributed by atoms with Crippen LogP contribution in [0.1, 0.15) is 56.2 Å². The number of nitrogens with one attached hydrogen (secondary N) is 1. The summed E-state index contributed by atoms with van der Waals surface area (Å²) >= 11 is 0. The maximum atomic E-state index is 12.5. The van der Waals surface area contributed by atoms with Crippen molar-refractivity contribution < 1.29 is 23.8 Å². The molecule has 7 nitrogen and oxygen atoms in total. The average molecular weight is 403 g/mol. The summed E-state index contributed by atoms with van der Waals surface area (Å²) in [5, 5.41) is 11.8. The lowest BCUT2D eigenvalue weighted by molar-refractivity contribution is -0.139. The second kappa shape index (κ2) is 10.1. The van der Waals surface area contributed by atoms with Crippen LogP contribution in [-0.2, 0) is 16.0 Å². The van der Waals surface area contributed by atoms with Crippen LogP contribution in [-0.4, -0.2) is 29.6 Å². The first-order valence-corrected chi connectivity index (χ1v) is 9.98. The molecule has 1 atom stereocenters. The molecule has 0 aliphatic rings. The fourth-order valence-electron chi connectivity index (χ4n) is 3.27. The van der Waals surface area contributed by atoms with Crippen LogP contribution in [0.15, 0.2) is 21.3 Å². The lowest BCUT2D eigenvalue weighted by atomic mass is 9.99. The minimum absolute atomic E-state index is 0.334. The molecule has 0 spiro atoms. The van der Waals surface area contributed by atoms with E-state index < -0.39 is 24.5 Å². The van der Waals surface area contributed by atoms with E-state index in [1.54, 1.807) is 13.0 Å². The Morgan fingerprint density at radius 1 is 1.17 bits per heavy atom. The number of carboxylic acids is 1. The van der Waals surface area contributed by atoms with E-state index in [0.29, 0.717) is 28.9 Å². The van der Waals surface area contributed by atoms with Crippen molar-refractivity contribution in [2.75, 3.05) is 6.54 Å². The van der Waals surface area contributed by atoms with E-state index in [1.807, 2.05) is 13.0 Å². The highest BCUT2D eigenvalue weighted by molar-refractivity contribution is 5.87. The Hall–Kier alpha value is -2.83. The Kier molecular flexibility index (Phi) is 7.82. The molecule has 1 amide bonds. The molecule has 29 heavy (non-hydrogen) atoms. The second-order valence-electron chi connectivity index (χ2n) is 7.24. The minimum Gasteiger partial charge on any atom is -0.480 e. The van der Waals surface area contributed by atoms with Gasteiger partial charge in [0.2, 0.25) is 0 Å². The zero-order valence-electron chi connectivity index (χ0n) is 17.5. The Morgan fingerprint density at radius 2 is 1.90 bits per heavy atom. The van der Waals surface area contributed by atoms with Crippen molar-refractivity contribution in [1.82, 2.24) is 5.32 Å². The molecule has 7 heteroatoms. The van der Waals surface area contributed by atoms with Crippen LogP contribution >= 0.6 is 0 Å². The van der Waals surface area contributed by atoms with Crippen molar-refractivity contribution in [2.24, 2.45) is 0 Å². The van der Waals surface area contributed by atoms with E-state index in [1.165, 1.54) is 6.92 Å². The third-order valence-corrected chi connectivity index (χ3v) is 5.02. The van der Waals surface area contributed by atoms with Gasteiger partial charge in [0.15, 0.2) is 6.10 Å². The maximum absolute atomic E-state index is 12.5. The molecule has 0 fully saturated rings. The van der Waals surface area contributed by atoms with Crippen molar-refractivity contribution in [3.8, 4) is 5.75 Å². The van der Waals surface area contributed by atoms with Crippen molar-refractivity contribution in [3.05, 3.63) is 39.2 Å². The maximum Gasteiger partial charge on any atom is 0.339 e. The molecule has 0 saturated heterocycles. The highest BCUT2D eigenvalue weighted by Gasteiger charge is 2.19. The molecule has 2 rings (SSSR count). The second-order valence-corrected chi connectivity index (χ2v) is 7.24. The topological polar surface area (TPSA) is 106 Å². The van der Waals surface area contributed by atoms with Crippen LogP contribution in [0.3, 0.4) is 0 Å². The summed E-state index contributed by atoms with van der Waals surface area (Å²) in [7, 11) is 0. The highest BCUT2D eigenvalue weighted by atomic mass is 16.5. The number of hydrogen-bond acceptors (Lipinski definition) is 5. The predicted molar refractivity (Wildman–Crippen MR) is 111 cm³/mol. The van der Waals surface area contributed by atoms with Gasteiger partial charge in [0.25, 0.3) is 5.91 Å². The number of ether oxygens (including phenoxy) is 1. The Balaban J connectivity index is 2.26. The van der Waals surface area contributed by atoms with Gasteiger partial charge >= 0.3 is 11.6 Å². The van der Waals surface area contributed by atoms with E-state index >= 15 is 0 Å². The number of carboxylic acid groups (broad SMARTS) is 1. The number of carbonyl (C=O) groups is 2. The van der Waals surface area contributed by atoms with Gasteiger partial charge in [-0.2, -0.15) is 0 Å². The van der Waals surface area contributed by atoms with Gasteiger partial charge in [-0.3, -0.25) is 9.59 Å². The van der Waals surface area contributed by atoms with E-state index in [-0.39, 0.29) is 5.63 Å². The highest BCUT2D eigenvalue weighted by Crippen LogP contribution is 2.30. The molecule has 1 aromatic carbocycles. The number of fused-ring (bicyclic) bond motifs is 1. The van der Waals surface area contributed by atoms with Crippen LogP contribution in [0, 0.1) is 13.8 Å². The predicted octanol–water partition coefficient (Wildman–Crippen LogP) is 3.50. The van der Waals surface area contributed by atoms with Gasteiger partial charge in [0.05, 0.1) is 0 Å². The number of benzene rings is 1. The summed E-state index contributed by atoms with van der Waals surface area (Å²) in [4.78, 5) is 35.1. The zero-order valence-corrected chi connectivity index (χ0v) is 17.5. The van der Waals surface area contributed by atoms with Crippen LogP contribution in [0.4, 0.5) is 0 Å². The molecule has 158 valence electrons. The van der Waals surface area contributed by atoms with Gasteiger partial charge in [-0.1, -0.05) is 26.2 Å². The first kappa shape index (κ1) is 22.5. The molecule has 1 heterocycles. The molecular formula is C22H29NO6. The molecule has 0 aliphatic heterocycles. The third kappa shape index (κ3) is 5.59. The quantitative estimate of drug-likeness (QED) is 0.465. The molecule has 0 bridgehead atoms. The van der Waals surface area contributed by atoms with Gasteiger partial charge in [0.1, 0.15) is 17.9 Å². The number of rotatable bonds is 10. The summed E-state index contributed by atoms with van der Waals surface area (Å²) in [6.07, 6.45) is 4.13. The van der Waals surface area contributed by atoms with Gasteiger partial charge in [0, 0.05) is 16.5 Å². The number of unbranched alkanes of at least 4 members (excludes halogenated alkanes) is 3. The lowest BCUT2D eigenvalue weighted by Gasteiger charge is -2.17. The molecule has 0 radical (unpaired) electrons. The molecule has 0 saturated carbocycles.